The molecule has 26 heavy (non-hydrogen) atoms. The number of amides is 1. The highest BCUT2D eigenvalue weighted by Crippen LogP contribution is 2.33. The summed E-state index contributed by atoms with van der Waals surface area (Å²) in [5.74, 6) is 0.233. The summed E-state index contributed by atoms with van der Waals surface area (Å²) in [6, 6.07) is 6.94. The molecule has 0 aromatic heterocycles. The molecule has 2 aliphatic rings. The third-order valence-electron chi connectivity index (χ3n) is 4.82. The summed E-state index contributed by atoms with van der Waals surface area (Å²) in [6.45, 7) is 0.807. The molecule has 3 rings (SSSR count). The molecule has 0 spiro atoms. The molecule has 1 amide bonds. The van der Waals surface area contributed by atoms with E-state index in [1.807, 2.05) is 0 Å². The first-order valence-electron chi connectivity index (χ1n) is 9.14. The van der Waals surface area contributed by atoms with Gasteiger partial charge in [0.25, 0.3) is 5.91 Å². The Morgan fingerprint density at radius 3 is 2.85 bits per heavy atom. The van der Waals surface area contributed by atoms with Crippen molar-refractivity contribution in [2.24, 2.45) is 0 Å². The fourth-order valence-electron chi connectivity index (χ4n) is 3.45. The molecule has 0 radical (unpaired) electrons. The summed E-state index contributed by atoms with van der Waals surface area (Å²) in [4.78, 5) is 12.5. The number of carbonyl (C=O) groups excluding carboxylic acids is 1. The minimum atomic E-state index is -3.43. The maximum atomic E-state index is 12.5. The first-order valence-corrected chi connectivity index (χ1v) is 11.0. The number of fused-ring (bicyclic) bond motifs is 1. The number of allylic oxidation sites excluding steroid dienone is 1. The highest BCUT2D eigenvalue weighted by atomic mass is 32.2. The molecule has 1 N–H and O–H groups in total. The van der Waals surface area contributed by atoms with Gasteiger partial charge in [0.1, 0.15) is 5.75 Å². The number of hydrogen-bond donors (Lipinski definition) is 1. The molecule has 0 saturated carbocycles. The van der Waals surface area contributed by atoms with E-state index in [2.05, 4.69) is 11.4 Å². The van der Waals surface area contributed by atoms with Gasteiger partial charge in [-0.05, 0) is 44.2 Å². The van der Waals surface area contributed by atoms with Gasteiger partial charge in [0, 0.05) is 19.5 Å². The summed E-state index contributed by atoms with van der Waals surface area (Å²) in [7, 11) is -3.43. The molecule has 0 unspecified atom stereocenters. The maximum absolute atomic E-state index is 12.5. The number of rotatable bonds is 5. The molecule has 1 aromatic rings. The van der Waals surface area contributed by atoms with E-state index in [0.29, 0.717) is 24.4 Å². The average molecular weight is 378 g/mol. The molecule has 1 aliphatic carbocycles. The maximum Gasteiger partial charge on any atom is 0.261 e. The van der Waals surface area contributed by atoms with Crippen LogP contribution in [0.3, 0.4) is 0 Å². The molecule has 1 aliphatic heterocycles. The van der Waals surface area contributed by atoms with Crippen molar-refractivity contribution in [1.82, 2.24) is 5.32 Å². The Morgan fingerprint density at radius 1 is 1.31 bits per heavy atom. The van der Waals surface area contributed by atoms with Crippen LogP contribution in [-0.2, 0) is 14.8 Å². The zero-order valence-corrected chi connectivity index (χ0v) is 15.9. The van der Waals surface area contributed by atoms with Crippen molar-refractivity contribution < 1.29 is 17.9 Å². The van der Waals surface area contributed by atoms with E-state index in [0.717, 1.165) is 19.3 Å². The van der Waals surface area contributed by atoms with Crippen molar-refractivity contribution in [1.29, 1.82) is 0 Å². The predicted octanol–water partition coefficient (Wildman–Crippen LogP) is 2.61. The van der Waals surface area contributed by atoms with Crippen molar-refractivity contribution in [2.75, 3.05) is 23.7 Å². The second-order valence-electron chi connectivity index (χ2n) is 6.85. The lowest BCUT2D eigenvalue weighted by Crippen LogP contribution is -2.40. The van der Waals surface area contributed by atoms with Gasteiger partial charge < -0.3 is 10.1 Å². The van der Waals surface area contributed by atoms with Crippen LogP contribution in [0.5, 0.6) is 5.75 Å². The molecular formula is C19H26N2O4S. The normalized spacial score (nSPS) is 20.4. The summed E-state index contributed by atoms with van der Waals surface area (Å²) in [6.07, 6.45) is 8.66. The Labute approximate surface area is 155 Å². The van der Waals surface area contributed by atoms with Gasteiger partial charge in [-0.3, -0.25) is 9.10 Å². The van der Waals surface area contributed by atoms with Gasteiger partial charge in [-0.15, -0.1) is 0 Å². The molecule has 0 saturated heterocycles. The third-order valence-corrected chi connectivity index (χ3v) is 6.00. The van der Waals surface area contributed by atoms with Gasteiger partial charge in [-0.25, -0.2) is 8.42 Å². The SMILES string of the molecule is CS(=O)(=O)N1CC[C@H](C(=O)NCCC2=CCCCC2)Oc2ccccc21. The number of para-hydroxylation sites is 2. The van der Waals surface area contributed by atoms with Crippen molar-refractivity contribution in [3.8, 4) is 5.75 Å². The van der Waals surface area contributed by atoms with Gasteiger partial charge in [0.2, 0.25) is 10.0 Å². The van der Waals surface area contributed by atoms with Crippen LogP contribution < -0.4 is 14.4 Å². The highest BCUT2D eigenvalue weighted by Gasteiger charge is 2.30. The monoisotopic (exact) mass is 378 g/mol. The highest BCUT2D eigenvalue weighted by molar-refractivity contribution is 7.92. The van der Waals surface area contributed by atoms with Crippen LogP contribution >= 0.6 is 0 Å². The van der Waals surface area contributed by atoms with Gasteiger partial charge in [0.15, 0.2) is 6.10 Å². The van der Waals surface area contributed by atoms with E-state index >= 15 is 0 Å². The molecule has 1 atom stereocenters. The standard InChI is InChI=1S/C19H26N2O4S/c1-26(23,24)21-14-12-18(25-17-10-6-5-9-16(17)21)19(22)20-13-11-15-7-3-2-4-8-15/h5-7,9-10,18H,2-4,8,11-14H2,1H3,(H,20,22)/t18-/m1/s1. The molecule has 1 aromatic carbocycles. The van der Waals surface area contributed by atoms with Crippen LogP contribution in [0, 0.1) is 0 Å². The Balaban J connectivity index is 1.64. The van der Waals surface area contributed by atoms with Crippen molar-refractivity contribution in [3.05, 3.63) is 35.9 Å². The van der Waals surface area contributed by atoms with Gasteiger partial charge in [-0.2, -0.15) is 0 Å². The van der Waals surface area contributed by atoms with Crippen LogP contribution in [0.25, 0.3) is 0 Å². The van der Waals surface area contributed by atoms with Crippen molar-refractivity contribution >= 4 is 21.6 Å². The van der Waals surface area contributed by atoms with E-state index in [9.17, 15) is 13.2 Å². The molecule has 1 heterocycles. The summed E-state index contributed by atoms with van der Waals surface area (Å²) >= 11 is 0. The van der Waals surface area contributed by atoms with Gasteiger partial charge in [-0.1, -0.05) is 23.8 Å². The quantitative estimate of drug-likeness (QED) is 0.799. The first-order chi connectivity index (χ1) is 12.4. The average Bonchev–Trinajstić information content (AvgIpc) is 2.82. The fraction of sp³-hybridized carbons (Fsp3) is 0.526. The number of benzene rings is 1. The topological polar surface area (TPSA) is 75.7 Å². The fourth-order valence-corrected chi connectivity index (χ4v) is 4.40. The third kappa shape index (κ3) is 4.58. The Morgan fingerprint density at radius 2 is 2.12 bits per heavy atom. The lowest BCUT2D eigenvalue weighted by molar-refractivity contribution is -0.128. The smallest absolute Gasteiger partial charge is 0.261 e. The minimum absolute atomic E-state index is 0.188. The van der Waals surface area contributed by atoms with Gasteiger partial charge in [0.05, 0.1) is 11.9 Å². The summed E-state index contributed by atoms with van der Waals surface area (Å²) in [5, 5.41) is 2.94. The second kappa shape index (κ2) is 8.12. The number of nitrogens with one attached hydrogen (secondary N) is 1. The van der Waals surface area contributed by atoms with Crippen molar-refractivity contribution in [2.45, 2.75) is 44.6 Å². The lowest BCUT2D eigenvalue weighted by Gasteiger charge is -2.20. The summed E-state index contributed by atoms with van der Waals surface area (Å²) in [5.41, 5.74) is 1.89. The molecule has 142 valence electrons. The van der Waals surface area contributed by atoms with Crippen LogP contribution in [0.4, 0.5) is 5.69 Å². The van der Waals surface area contributed by atoms with E-state index in [-0.39, 0.29) is 12.5 Å². The van der Waals surface area contributed by atoms with E-state index < -0.39 is 16.1 Å². The number of nitrogens with zero attached hydrogens (tertiary/aromatic N) is 1. The van der Waals surface area contributed by atoms with Gasteiger partial charge >= 0.3 is 0 Å². The number of anilines is 1. The van der Waals surface area contributed by atoms with Crippen LogP contribution in [0.1, 0.15) is 38.5 Å². The number of hydrogen-bond acceptors (Lipinski definition) is 4. The molecule has 0 fully saturated rings. The Bertz CT molecular complexity index is 788. The van der Waals surface area contributed by atoms with Crippen LogP contribution in [0.2, 0.25) is 0 Å². The molecule has 6 nitrogen and oxygen atoms in total. The van der Waals surface area contributed by atoms with Crippen LogP contribution in [0.15, 0.2) is 35.9 Å². The molecule has 0 bridgehead atoms. The lowest BCUT2D eigenvalue weighted by atomic mass is 9.97. The zero-order valence-electron chi connectivity index (χ0n) is 15.1. The predicted molar refractivity (Wildman–Crippen MR) is 102 cm³/mol. The molecule has 7 heteroatoms. The second-order valence-corrected chi connectivity index (χ2v) is 8.75. The molecular weight excluding hydrogens is 352 g/mol. The number of ether oxygens (including phenoxy) is 1. The summed E-state index contributed by atoms with van der Waals surface area (Å²) < 4.78 is 31.3. The zero-order chi connectivity index (χ0) is 18.6. The number of sulfonamides is 1. The van der Waals surface area contributed by atoms with Crippen molar-refractivity contribution in [3.63, 3.8) is 0 Å². The van der Waals surface area contributed by atoms with E-state index in [4.69, 9.17) is 4.74 Å². The van der Waals surface area contributed by atoms with E-state index in [1.54, 1.807) is 24.3 Å². The first kappa shape index (κ1) is 18.8. The number of carbonyl (C=O) groups is 1. The minimum Gasteiger partial charge on any atom is -0.478 e. The van der Waals surface area contributed by atoms with Crippen LogP contribution in [-0.4, -0.2) is 39.8 Å². The van der Waals surface area contributed by atoms with E-state index in [1.165, 1.54) is 29.0 Å². The largest absolute Gasteiger partial charge is 0.478 e. The Hall–Kier alpha value is -2.02. The Kier molecular flexibility index (Phi) is 5.86.